The highest BCUT2D eigenvalue weighted by atomic mass is 19.3. The van der Waals surface area contributed by atoms with E-state index in [0.29, 0.717) is 18.2 Å². The number of rotatable bonds is 5. The van der Waals surface area contributed by atoms with Crippen LogP contribution in [0, 0.1) is 11.6 Å². The molecule has 0 saturated heterocycles. The normalized spacial score (nSPS) is 11.6. The van der Waals surface area contributed by atoms with Gasteiger partial charge < -0.3 is 9.84 Å². The van der Waals surface area contributed by atoms with Gasteiger partial charge in [0.05, 0.1) is 0 Å². The van der Waals surface area contributed by atoms with Gasteiger partial charge in [0.1, 0.15) is 11.6 Å². The molecule has 0 radical (unpaired) electrons. The zero-order valence-electron chi connectivity index (χ0n) is 11.6. The monoisotopic (exact) mass is 350 g/mol. The molecular weight excluding hydrogens is 342 g/mol. The van der Waals surface area contributed by atoms with E-state index in [2.05, 4.69) is 4.74 Å². The van der Waals surface area contributed by atoms with E-state index in [4.69, 9.17) is 0 Å². The molecule has 0 spiro atoms. The molecule has 2 aromatic carbocycles. The Labute approximate surface area is 131 Å². The fourth-order valence-corrected chi connectivity index (χ4v) is 1.77. The van der Waals surface area contributed by atoms with Gasteiger partial charge >= 0.3 is 12.5 Å². The van der Waals surface area contributed by atoms with Crippen LogP contribution in [0.1, 0.15) is 15.9 Å². The van der Waals surface area contributed by atoms with E-state index < -0.39 is 47.0 Å². The first-order valence-electron chi connectivity index (χ1n) is 6.29. The SMILES string of the molecule is O=C(c1cc(F)cc(OC(F)(F)C(F)F)c1)c1ccc(F)c(O)c1. The van der Waals surface area contributed by atoms with Crippen LogP contribution in [0.2, 0.25) is 0 Å². The van der Waals surface area contributed by atoms with Crippen molar-refractivity contribution >= 4 is 5.78 Å². The summed E-state index contributed by atoms with van der Waals surface area (Å²) < 4.78 is 80.1. The number of phenolic OH excluding ortho intramolecular Hbond substituents is 1. The molecule has 2 rings (SSSR count). The lowest BCUT2D eigenvalue weighted by atomic mass is 10.0. The number of aromatic hydroxyl groups is 1. The molecular formula is C15H8F6O3. The van der Waals surface area contributed by atoms with Gasteiger partial charge in [-0.15, -0.1) is 0 Å². The molecule has 0 bridgehead atoms. The van der Waals surface area contributed by atoms with Crippen molar-refractivity contribution in [3.63, 3.8) is 0 Å². The Kier molecular flexibility index (Phi) is 4.72. The maximum atomic E-state index is 13.4. The minimum Gasteiger partial charge on any atom is -0.505 e. The van der Waals surface area contributed by atoms with Crippen molar-refractivity contribution in [2.75, 3.05) is 0 Å². The van der Waals surface area contributed by atoms with Crippen molar-refractivity contribution in [2.24, 2.45) is 0 Å². The molecule has 1 N–H and O–H groups in total. The molecule has 3 nitrogen and oxygen atoms in total. The number of hydrogen-bond acceptors (Lipinski definition) is 3. The number of ether oxygens (including phenoxy) is 1. The number of benzene rings is 2. The quantitative estimate of drug-likeness (QED) is 0.651. The molecule has 0 atom stereocenters. The second-order valence-corrected chi connectivity index (χ2v) is 4.64. The maximum absolute atomic E-state index is 13.4. The first-order valence-corrected chi connectivity index (χ1v) is 6.29. The predicted molar refractivity (Wildman–Crippen MR) is 69.5 cm³/mol. The van der Waals surface area contributed by atoms with Gasteiger partial charge in [0.2, 0.25) is 0 Å². The highest BCUT2D eigenvalue weighted by Gasteiger charge is 2.44. The van der Waals surface area contributed by atoms with Crippen LogP contribution >= 0.6 is 0 Å². The first kappa shape index (κ1) is 17.6. The van der Waals surface area contributed by atoms with Crippen LogP contribution < -0.4 is 4.74 Å². The first-order chi connectivity index (χ1) is 11.1. The zero-order valence-corrected chi connectivity index (χ0v) is 11.6. The van der Waals surface area contributed by atoms with E-state index in [1.165, 1.54) is 0 Å². The number of alkyl halides is 4. The van der Waals surface area contributed by atoms with Crippen LogP contribution in [-0.4, -0.2) is 23.4 Å². The van der Waals surface area contributed by atoms with Crippen molar-refractivity contribution in [3.05, 3.63) is 59.2 Å². The van der Waals surface area contributed by atoms with E-state index in [1.807, 2.05) is 0 Å². The molecule has 0 unspecified atom stereocenters. The average Bonchev–Trinajstić information content (AvgIpc) is 2.48. The summed E-state index contributed by atoms with van der Waals surface area (Å²) in [5, 5.41) is 9.21. The summed E-state index contributed by atoms with van der Waals surface area (Å²) in [7, 11) is 0. The Bertz CT molecular complexity index is 776. The molecule has 24 heavy (non-hydrogen) atoms. The van der Waals surface area contributed by atoms with E-state index in [1.54, 1.807) is 0 Å². The van der Waals surface area contributed by atoms with Gasteiger partial charge in [-0.3, -0.25) is 4.79 Å². The van der Waals surface area contributed by atoms with Crippen LogP contribution in [0.5, 0.6) is 11.5 Å². The molecule has 0 amide bonds. The molecule has 9 heteroatoms. The minimum atomic E-state index is -4.87. The van der Waals surface area contributed by atoms with E-state index in [-0.39, 0.29) is 5.56 Å². The van der Waals surface area contributed by atoms with E-state index in [9.17, 15) is 36.2 Å². The largest absolute Gasteiger partial charge is 0.505 e. The van der Waals surface area contributed by atoms with E-state index in [0.717, 1.165) is 18.2 Å². The lowest BCUT2D eigenvalue weighted by Crippen LogP contribution is -2.33. The molecule has 0 aliphatic carbocycles. The predicted octanol–water partition coefficient (Wildman–Crippen LogP) is 4.14. The highest BCUT2D eigenvalue weighted by Crippen LogP contribution is 2.29. The molecule has 0 aliphatic heterocycles. The topological polar surface area (TPSA) is 46.5 Å². The van der Waals surface area contributed by atoms with Gasteiger partial charge in [0.15, 0.2) is 17.3 Å². The summed E-state index contributed by atoms with van der Waals surface area (Å²) in [6.07, 6.45) is -9.03. The van der Waals surface area contributed by atoms with Crippen molar-refractivity contribution in [1.82, 2.24) is 0 Å². The standard InChI is InChI=1S/C15H8F6O3/c16-9-3-8(4-10(6-9)24-15(20,21)14(18)19)13(23)7-1-2-11(17)12(22)5-7/h1-6,14,22H. The number of ketones is 1. The number of hydrogen-bond donors (Lipinski definition) is 1. The van der Waals surface area contributed by atoms with Crippen molar-refractivity contribution in [2.45, 2.75) is 12.5 Å². The van der Waals surface area contributed by atoms with Gasteiger partial charge in [0.25, 0.3) is 0 Å². The zero-order chi connectivity index (χ0) is 18.1. The second-order valence-electron chi connectivity index (χ2n) is 4.64. The summed E-state index contributed by atoms with van der Waals surface area (Å²) >= 11 is 0. The number of phenols is 1. The summed E-state index contributed by atoms with van der Waals surface area (Å²) in [5.74, 6) is -5.00. The Morgan fingerprint density at radius 2 is 1.71 bits per heavy atom. The van der Waals surface area contributed by atoms with Crippen LogP contribution in [0.25, 0.3) is 0 Å². The molecule has 2 aromatic rings. The summed E-state index contributed by atoms with van der Waals surface area (Å²) in [4.78, 5) is 12.1. The summed E-state index contributed by atoms with van der Waals surface area (Å²) in [6, 6.07) is 4.16. The Hall–Kier alpha value is -2.71. The third-order valence-corrected chi connectivity index (χ3v) is 2.85. The molecule has 0 aromatic heterocycles. The third-order valence-electron chi connectivity index (χ3n) is 2.85. The lowest BCUT2D eigenvalue weighted by molar-refractivity contribution is -0.253. The lowest BCUT2D eigenvalue weighted by Gasteiger charge is -2.17. The van der Waals surface area contributed by atoms with Crippen LogP contribution in [0.3, 0.4) is 0 Å². The van der Waals surface area contributed by atoms with Crippen molar-refractivity contribution < 1.29 is 41.0 Å². The molecule has 0 fully saturated rings. The molecule has 128 valence electrons. The van der Waals surface area contributed by atoms with Gasteiger partial charge in [-0.25, -0.2) is 8.78 Å². The number of carbonyl (C=O) groups excluding carboxylic acids is 1. The summed E-state index contributed by atoms with van der Waals surface area (Å²) in [6.45, 7) is 0. The third kappa shape index (κ3) is 3.79. The number of carbonyl (C=O) groups is 1. The average molecular weight is 350 g/mol. The van der Waals surface area contributed by atoms with Crippen LogP contribution in [0.15, 0.2) is 36.4 Å². The Morgan fingerprint density at radius 3 is 2.29 bits per heavy atom. The fourth-order valence-electron chi connectivity index (χ4n) is 1.77. The second kappa shape index (κ2) is 6.42. The smallest absolute Gasteiger partial charge is 0.461 e. The van der Waals surface area contributed by atoms with Gasteiger partial charge in [-0.1, -0.05) is 0 Å². The maximum Gasteiger partial charge on any atom is 0.461 e. The Balaban J connectivity index is 2.37. The fraction of sp³-hybridized carbons (Fsp3) is 0.133. The highest BCUT2D eigenvalue weighted by molar-refractivity contribution is 6.09. The van der Waals surface area contributed by atoms with Crippen LogP contribution in [0.4, 0.5) is 26.3 Å². The Morgan fingerprint density at radius 1 is 1.04 bits per heavy atom. The molecule has 0 heterocycles. The summed E-state index contributed by atoms with van der Waals surface area (Å²) in [5.41, 5.74) is -0.785. The van der Waals surface area contributed by atoms with Gasteiger partial charge in [-0.2, -0.15) is 17.6 Å². The molecule has 0 saturated carbocycles. The van der Waals surface area contributed by atoms with E-state index >= 15 is 0 Å². The van der Waals surface area contributed by atoms with Gasteiger partial charge in [0, 0.05) is 17.2 Å². The number of halogens is 6. The van der Waals surface area contributed by atoms with Crippen molar-refractivity contribution in [1.29, 1.82) is 0 Å². The molecule has 0 aliphatic rings. The van der Waals surface area contributed by atoms with Crippen molar-refractivity contribution in [3.8, 4) is 11.5 Å². The minimum absolute atomic E-state index is 0.272. The van der Waals surface area contributed by atoms with Crippen LogP contribution in [-0.2, 0) is 0 Å². The van der Waals surface area contributed by atoms with Gasteiger partial charge in [-0.05, 0) is 30.3 Å².